The number of nitrogens with zero attached hydrogens (tertiary/aromatic N) is 3. The van der Waals surface area contributed by atoms with Crippen molar-refractivity contribution in [1.29, 1.82) is 0 Å². The van der Waals surface area contributed by atoms with Gasteiger partial charge in [-0.15, -0.1) is 0 Å². The second-order valence-electron chi connectivity index (χ2n) is 5.71. The van der Waals surface area contributed by atoms with Crippen LogP contribution in [0.25, 0.3) is 0 Å². The molecular weight excluding hydrogens is 425 g/mol. The fraction of sp³-hybridized carbons (Fsp3) is 0.0500. The van der Waals surface area contributed by atoms with Gasteiger partial charge in [0.2, 0.25) is 0 Å². The smallest absolute Gasteiger partial charge is 0.279 e. The van der Waals surface area contributed by atoms with Gasteiger partial charge in [-0.2, -0.15) is 4.99 Å². The number of carbonyl (C=O) groups excluding carboxylic acids is 1. The first-order valence-electron chi connectivity index (χ1n) is 7.88. The van der Waals surface area contributed by atoms with E-state index in [1.54, 1.807) is 12.1 Å². The summed E-state index contributed by atoms with van der Waals surface area (Å²) in [4.78, 5) is 23.6. The molecule has 0 atom stereocenters. The van der Waals surface area contributed by atoms with Gasteiger partial charge in [0, 0.05) is 27.5 Å². The van der Waals surface area contributed by atoms with Crippen LogP contribution in [0.5, 0.6) is 0 Å². The molecule has 0 bridgehead atoms. The first kappa shape index (κ1) is 16.0. The second-order valence-corrected chi connectivity index (χ2v) is 6.95. The lowest BCUT2D eigenvalue weighted by molar-refractivity contribution is 0.100. The third-order valence-electron chi connectivity index (χ3n) is 4.01. The zero-order chi connectivity index (χ0) is 17.2. The van der Waals surface area contributed by atoms with Gasteiger partial charge in [-0.3, -0.25) is 4.79 Å². The Labute approximate surface area is 159 Å². The van der Waals surface area contributed by atoms with Crippen molar-refractivity contribution in [2.24, 2.45) is 9.98 Å². The summed E-state index contributed by atoms with van der Waals surface area (Å²) in [5.41, 5.74) is 2.55. The number of amidine groups is 2. The molecule has 1 amide bonds. The predicted octanol–water partition coefficient (Wildman–Crippen LogP) is 4.33. The molecule has 5 heteroatoms. The first-order chi connectivity index (χ1) is 12.2. The Balaban J connectivity index is 1.82. The number of hydrogen-bond donors (Lipinski definition) is 0. The number of allylic oxidation sites excluding steroid dienone is 2. The molecule has 2 aliphatic rings. The lowest BCUT2D eigenvalue weighted by Crippen LogP contribution is -2.24. The number of benzene rings is 2. The minimum absolute atomic E-state index is 0.284. The maximum absolute atomic E-state index is 12.5. The molecule has 0 aromatic heterocycles. The number of amides is 1. The Kier molecular flexibility index (Phi) is 4.31. The van der Waals surface area contributed by atoms with Gasteiger partial charge in [-0.25, -0.2) is 4.99 Å². The van der Waals surface area contributed by atoms with Crippen LogP contribution in [-0.2, 0) is 6.54 Å². The Morgan fingerprint density at radius 3 is 2.64 bits per heavy atom. The average molecular weight is 439 g/mol. The molecule has 4 rings (SSSR count). The average Bonchev–Trinajstić information content (AvgIpc) is 2.79. The van der Waals surface area contributed by atoms with Crippen molar-refractivity contribution >= 4 is 40.2 Å². The molecule has 0 radical (unpaired) electrons. The Morgan fingerprint density at radius 2 is 1.80 bits per heavy atom. The lowest BCUT2D eigenvalue weighted by atomic mass is 10.1. The van der Waals surface area contributed by atoms with Gasteiger partial charge in [-0.1, -0.05) is 42.5 Å². The highest BCUT2D eigenvalue weighted by Crippen LogP contribution is 2.24. The van der Waals surface area contributed by atoms with Crippen LogP contribution in [-0.4, -0.2) is 22.5 Å². The summed E-state index contributed by atoms with van der Waals surface area (Å²) < 4.78 is 1.13. The van der Waals surface area contributed by atoms with E-state index in [0.717, 1.165) is 20.5 Å². The molecule has 0 aliphatic carbocycles. The number of carbonyl (C=O) groups is 1. The lowest BCUT2D eigenvalue weighted by Gasteiger charge is -2.21. The van der Waals surface area contributed by atoms with E-state index in [9.17, 15) is 4.79 Å². The van der Waals surface area contributed by atoms with Crippen molar-refractivity contribution < 1.29 is 4.79 Å². The number of rotatable bonds is 1. The monoisotopic (exact) mass is 439 g/mol. The van der Waals surface area contributed by atoms with Crippen LogP contribution in [0.3, 0.4) is 0 Å². The van der Waals surface area contributed by atoms with Crippen molar-refractivity contribution in [3.63, 3.8) is 0 Å². The summed E-state index contributed by atoms with van der Waals surface area (Å²) in [5.74, 6) is 0.959. The van der Waals surface area contributed by atoms with Gasteiger partial charge >= 0.3 is 0 Å². The number of hydrogen-bond acceptors (Lipinski definition) is 2. The third-order valence-corrected chi connectivity index (χ3v) is 4.65. The van der Waals surface area contributed by atoms with E-state index in [1.807, 2.05) is 48.6 Å². The highest BCUT2D eigenvalue weighted by Gasteiger charge is 2.21. The molecule has 0 saturated carbocycles. The molecule has 0 unspecified atom stereocenters. The molecule has 0 N–H and O–H groups in total. The normalized spacial score (nSPS) is 17.3. The van der Waals surface area contributed by atoms with E-state index in [-0.39, 0.29) is 5.91 Å². The zero-order valence-electron chi connectivity index (χ0n) is 13.3. The first-order valence-corrected chi connectivity index (χ1v) is 8.96. The van der Waals surface area contributed by atoms with E-state index in [0.29, 0.717) is 17.9 Å². The second kappa shape index (κ2) is 6.76. The van der Waals surface area contributed by atoms with Crippen LogP contribution in [0.15, 0.2) is 86.5 Å². The summed E-state index contributed by atoms with van der Waals surface area (Å²) >= 11 is 2.28. The van der Waals surface area contributed by atoms with E-state index >= 15 is 0 Å². The van der Waals surface area contributed by atoms with E-state index in [4.69, 9.17) is 0 Å². The van der Waals surface area contributed by atoms with Gasteiger partial charge in [0.15, 0.2) is 5.84 Å². The Morgan fingerprint density at radius 1 is 1.04 bits per heavy atom. The Hall–Kier alpha value is -2.54. The molecule has 0 fully saturated rings. The van der Waals surface area contributed by atoms with Crippen LogP contribution < -0.4 is 0 Å². The summed E-state index contributed by atoms with van der Waals surface area (Å²) in [6, 6.07) is 17.0. The zero-order valence-corrected chi connectivity index (χ0v) is 15.4. The molecule has 2 aliphatic heterocycles. The van der Waals surface area contributed by atoms with Gasteiger partial charge < -0.3 is 4.90 Å². The van der Waals surface area contributed by atoms with Crippen molar-refractivity contribution in [1.82, 2.24) is 4.90 Å². The number of halogens is 1. The number of fused-ring (bicyclic) bond motifs is 2. The molecule has 2 aromatic rings. The van der Waals surface area contributed by atoms with Crippen molar-refractivity contribution in [2.45, 2.75) is 6.54 Å². The van der Waals surface area contributed by atoms with Crippen molar-refractivity contribution in [3.05, 3.63) is 93.2 Å². The molecule has 4 nitrogen and oxygen atoms in total. The summed E-state index contributed by atoms with van der Waals surface area (Å²) in [5, 5.41) is 0. The fourth-order valence-electron chi connectivity index (χ4n) is 2.79. The van der Waals surface area contributed by atoms with Gasteiger partial charge in [0.05, 0.1) is 0 Å². The maximum atomic E-state index is 12.5. The van der Waals surface area contributed by atoms with Crippen molar-refractivity contribution in [2.75, 3.05) is 0 Å². The highest BCUT2D eigenvalue weighted by molar-refractivity contribution is 14.1. The minimum Gasteiger partial charge on any atom is -0.327 e. The minimum atomic E-state index is -0.284. The van der Waals surface area contributed by atoms with Crippen LogP contribution >= 0.6 is 22.6 Å². The molecule has 122 valence electrons. The van der Waals surface area contributed by atoms with Crippen LogP contribution in [0, 0.1) is 0 Å². The maximum Gasteiger partial charge on any atom is 0.279 e. The molecule has 25 heavy (non-hydrogen) atoms. The third kappa shape index (κ3) is 3.32. The molecule has 2 aromatic carbocycles. The van der Waals surface area contributed by atoms with E-state index in [1.165, 1.54) is 0 Å². The fourth-order valence-corrected chi connectivity index (χ4v) is 3.31. The molecular formula is C20H14IN3O. The number of aliphatic imine (C=N–C) groups is 2. The van der Waals surface area contributed by atoms with Gasteiger partial charge in [0.1, 0.15) is 5.84 Å². The van der Waals surface area contributed by atoms with Crippen LogP contribution in [0.2, 0.25) is 0 Å². The molecule has 0 spiro atoms. The van der Waals surface area contributed by atoms with E-state index in [2.05, 4.69) is 49.7 Å². The van der Waals surface area contributed by atoms with E-state index < -0.39 is 0 Å². The molecule has 2 heterocycles. The Bertz CT molecular complexity index is 958. The quantitative estimate of drug-likeness (QED) is 0.621. The largest absolute Gasteiger partial charge is 0.327 e. The standard InChI is InChI=1S/C20H14IN3O/c21-16-10-11-18-22-19(23-20(25)14-6-2-1-3-7-14)17-9-5-4-8-15(17)12-24(18)13-16/h1-11,13H,12H2. The summed E-state index contributed by atoms with van der Waals surface area (Å²) in [6.45, 7) is 0.699. The summed E-state index contributed by atoms with van der Waals surface area (Å²) in [7, 11) is 0. The van der Waals surface area contributed by atoms with Gasteiger partial charge in [0.25, 0.3) is 5.91 Å². The van der Waals surface area contributed by atoms with Gasteiger partial charge in [-0.05, 0) is 52.4 Å². The topological polar surface area (TPSA) is 45.0 Å². The highest BCUT2D eigenvalue weighted by atomic mass is 127. The van der Waals surface area contributed by atoms with Crippen LogP contribution in [0.4, 0.5) is 0 Å². The van der Waals surface area contributed by atoms with Crippen molar-refractivity contribution in [3.8, 4) is 0 Å². The SMILES string of the molecule is O=C(N=C1N=C2C=CC(I)=CN2Cc2ccccc21)c1ccccc1. The summed E-state index contributed by atoms with van der Waals surface area (Å²) in [6.07, 6.45) is 6.01. The molecule has 0 saturated heterocycles. The predicted molar refractivity (Wildman–Crippen MR) is 108 cm³/mol. The van der Waals surface area contributed by atoms with Crippen LogP contribution in [0.1, 0.15) is 21.5 Å².